The second-order valence-corrected chi connectivity index (χ2v) is 5.49. The van der Waals surface area contributed by atoms with Gasteiger partial charge in [0.25, 0.3) is 0 Å². The normalized spacial score (nSPS) is 11.4. The number of carboxylic acid groups (broad SMARTS) is 1. The molecule has 2 aromatic carbocycles. The van der Waals surface area contributed by atoms with Crippen LogP contribution in [-0.4, -0.2) is 30.8 Å². The summed E-state index contributed by atoms with van der Waals surface area (Å²) in [7, 11) is 1.54. The van der Waals surface area contributed by atoms with E-state index in [0.29, 0.717) is 5.75 Å². The van der Waals surface area contributed by atoms with E-state index in [0.717, 1.165) is 11.1 Å². The standard InChI is InChI=1S/C19H21NO5/c1-24-17-10-6-5-9-15(17)11-16(18(21)22)12-20-19(23)25-13-14-7-3-2-4-8-14/h2-10,16H,11-13H2,1H3,(H,20,23)(H,21,22). The second kappa shape index (κ2) is 9.32. The molecule has 6 nitrogen and oxygen atoms in total. The van der Waals surface area contributed by atoms with Crippen molar-refractivity contribution in [2.75, 3.05) is 13.7 Å². The van der Waals surface area contributed by atoms with Gasteiger partial charge in [-0.25, -0.2) is 4.79 Å². The molecule has 0 aromatic heterocycles. The van der Waals surface area contributed by atoms with Gasteiger partial charge in [-0.3, -0.25) is 4.79 Å². The lowest BCUT2D eigenvalue weighted by atomic mass is 9.98. The number of carboxylic acids is 1. The van der Waals surface area contributed by atoms with E-state index in [1.165, 1.54) is 7.11 Å². The van der Waals surface area contributed by atoms with Crippen LogP contribution in [0.5, 0.6) is 5.75 Å². The molecule has 0 bridgehead atoms. The third-order valence-electron chi connectivity index (χ3n) is 3.71. The first-order valence-corrected chi connectivity index (χ1v) is 7.89. The van der Waals surface area contributed by atoms with Crippen LogP contribution in [0.4, 0.5) is 4.79 Å². The summed E-state index contributed by atoms with van der Waals surface area (Å²) in [5.74, 6) is -1.14. The molecular formula is C19H21NO5. The number of methoxy groups -OCH3 is 1. The van der Waals surface area contributed by atoms with Gasteiger partial charge in [0.15, 0.2) is 0 Å². The predicted molar refractivity (Wildman–Crippen MR) is 92.5 cm³/mol. The van der Waals surface area contributed by atoms with E-state index in [2.05, 4.69) is 5.32 Å². The van der Waals surface area contributed by atoms with E-state index >= 15 is 0 Å². The highest BCUT2D eigenvalue weighted by Gasteiger charge is 2.21. The topological polar surface area (TPSA) is 84.9 Å². The van der Waals surface area contributed by atoms with Crippen molar-refractivity contribution in [2.24, 2.45) is 5.92 Å². The van der Waals surface area contributed by atoms with Gasteiger partial charge in [0.05, 0.1) is 13.0 Å². The lowest BCUT2D eigenvalue weighted by Crippen LogP contribution is -2.34. The molecule has 1 amide bonds. The summed E-state index contributed by atoms with van der Waals surface area (Å²) < 4.78 is 10.3. The summed E-state index contributed by atoms with van der Waals surface area (Å²) in [5.41, 5.74) is 1.64. The van der Waals surface area contributed by atoms with Crippen molar-refractivity contribution in [3.8, 4) is 5.75 Å². The lowest BCUT2D eigenvalue weighted by Gasteiger charge is -2.15. The smallest absolute Gasteiger partial charge is 0.407 e. The van der Waals surface area contributed by atoms with Crippen LogP contribution >= 0.6 is 0 Å². The van der Waals surface area contributed by atoms with Crippen LogP contribution in [0.3, 0.4) is 0 Å². The monoisotopic (exact) mass is 343 g/mol. The van der Waals surface area contributed by atoms with Crippen LogP contribution in [-0.2, 0) is 22.6 Å². The Balaban J connectivity index is 1.86. The van der Waals surface area contributed by atoms with Crippen LogP contribution in [0.2, 0.25) is 0 Å². The molecular weight excluding hydrogens is 322 g/mol. The number of amides is 1. The van der Waals surface area contributed by atoms with E-state index in [-0.39, 0.29) is 19.6 Å². The minimum atomic E-state index is -0.991. The number of aliphatic carboxylic acids is 1. The van der Waals surface area contributed by atoms with E-state index in [4.69, 9.17) is 9.47 Å². The number of hydrogen-bond donors (Lipinski definition) is 2. The number of carbonyl (C=O) groups excluding carboxylic acids is 1. The molecule has 0 aliphatic heterocycles. The van der Waals surface area contributed by atoms with Crippen molar-refractivity contribution in [3.05, 3.63) is 65.7 Å². The lowest BCUT2D eigenvalue weighted by molar-refractivity contribution is -0.141. The van der Waals surface area contributed by atoms with E-state index < -0.39 is 18.0 Å². The van der Waals surface area contributed by atoms with Gasteiger partial charge in [-0.15, -0.1) is 0 Å². The predicted octanol–water partition coefficient (Wildman–Crippen LogP) is 2.86. The van der Waals surface area contributed by atoms with Crippen molar-refractivity contribution in [2.45, 2.75) is 13.0 Å². The first-order chi connectivity index (χ1) is 12.1. The molecule has 1 atom stereocenters. The molecule has 0 spiro atoms. The average Bonchev–Trinajstić information content (AvgIpc) is 2.64. The Hall–Kier alpha value is -3.02. The van der Waals surface area contributed by atoms with Crippen molar-refractivity contribution in [1.29, 1.82) is 0 Å². The molecule has 2 N–H and O–H groups in total. The molecule has 132 valence electrons. The maximum atomic E-state index is 11.8. The van der Waals surface area contributed by atoms with Crippen LogP contribution in [0.15, 0.2) is 54.6 Å². The van der Waals surface area contributed by atoms with E-state index in [9.17, 15) is 14.7 Å². The molecule has 0 aliphatic carbocycles. The molecule has 6 heteroatoms. The Morgan fingerprint density at radius 3 is 2.44 bits per heavy atom. The maximum Gasteiger partial charge on any atom is 0.407 e. The van der Waals surface area contributed by atoms with Gasteiger partial charge in [-0.05, 0) is 23.6 Å². The zero-order valence-corrected chi connectivity index (χ0v) is 14.0. The van der Waals surface area contributed by atoms with Crippen molar-refractivity contribution in [1.82, 2.24) is 5.32 Å². The first-order valence-electron chi connectivity index (χ1n) is 7.89. The third-order valence-corrected chi connectivity index (χ3v) is 3.71. The quantitative estimate of drug-likeness (QED) is 0.770. The molecule has 0 saturated heterocycles. The van der Waals surface area contributed by atoms with Crippen molar-refractivity contribution in [3.63, 3.8) is 0 Å². The van der Waals surface area contributed by atoms with Gasteiger partial charge in [-0.1, -0.05) is 48.5 Å². The Labute approximate surface area is 146 Å². The molecule has 2 rings (SSSR count). The van der Waals surface area contributed by atoms with Gasteiger partial charge in [0, 0.05) is 6.54 Å². The molecule has 2 aromatic rings. The summed E-state index contributed by atoms with van der Waals surface area (Å²) in [6.07, 6.45) is -0.395. The average molecular weight is 343 g/mol. The third kappa shape index (κ3) is 5.84. The van der Waals surface area contributed by atoms with Crippen LogP contribution in [0.1, 0.15) is 11.1 Å². The number of benzene rings is 2. The molecule has 0 heterocycles. The molecule has 0 aliphatic rings. The van der Waals surface area contributed by atoms with Gasteiger partial charge >= 0.3 is 12.1 Å². The number of para-hydroxylation sites is 1. The van der Waals surface area contributed by atoms with Crippen LogP contribution < -0.4 is 10.1 Å². The highest BCUT2D eigenvalue weighted by atomic mass is 16.5. The van der Waals surface area contributed by atoms with Gasteiger partial charge < -0.3 is 19.9 Å². The number of carbonyl (C=O) groups is 2. The fourth-order valence-electron chi connectivity index (χ4n) is 2.36. The molecule has 0 fully saturated rings. The first kappa shape index (κ1) is 18.3. The highest BCUT2D eigenvalue weighted by molar-refractivity contribution is 5.73. The fraction of sp³-hybridized carbons (Fsp3) is 0.263. The Kier molecular flexibility index (Phi) is 6.83. The minimum Gasteiger partial charge on any atom is -0.496 e. The zero-order valence-electron chi connectivity index (χ0n) is 14.0. The zero-order chi connectivity index (χ0) is 18.1. The van der Waals surface area contributed by atoms with Gasteiger partial charge in [0.2, 0.25) is 0 Å². The Bertz CT molecular complexity index is 702. The van der Waals surface area contributed by atoms with E-state index in [1.807, 2.05) is 48.5 Å². The summed E-state index contributed by atoms with van der Waals surface area (Å²) in [6, 6.07) is 16.5. The van der Waals surface area contributed by atoms with Gasteiger partial charge in [-0.2, -0.15) is 0 Å². The Morgan fingerprint density at radius 1 is 1.08 bits per heavy atom. The van der Waals surface area contributed by atoms with Crippen LogP contribution in [0, 0.1) is 5.92 Å². The summed E-state index contributed by atoms with van der Waals surface area (Å²) >= 11 is 0. The minimum absolute atomic E-state index is 0.0268. The highest BCUT2D eigenvalue weighted by Crippen LogP contribution is 2.21. The number of hydrogen-bond acceptors (Lipinski definition) is 4. The number of rotatable bonds is 8. The summed E-state index contributed by atoms with van der Waals surface area (Å²) in [4.78, 5) is 23.2. The number of nitrogens with one attached hydrogen (secondary N) is 1. The summed E-state index contributed by atoms with van der Waals surface area (Å²) in [6.45, 7) is 0.109. The fourth-order valence-corrected chi connectivity index (χ4v) is 2.36. The molecule has 1 unspecified atom stereocenters. The largest absolute Gasteiger partial charge is 0.496 e. The van der Waals surface area contributed by atoms with Gasteiger partial charge in [0.1, 0.15) is 12.4 Å². The SMILES string of the molecule is COc1ccccc1CC(CNC(=O)OCc1ccccc1)C(=O)O. The number of alkyl carbamates (subject to hydrolysis) is 1. The summed E-state index contributed by atoms with van der Waals surface area (Å²) in [5, 5.41) is 11.9. The Morgan fingerprint density at radius 2 is 1.76 bits per heavy atom. The van der Waals surface area contributed by atoms with E-state index in [1.54, 1.807) is 6.07 Å². The molecule has 25 heavy (non-hydrogen) atoms. The van der Waals surface area contributed by atoms with Crippen LogP contribution in [0.25, 0.3) is 0 Å². The molecule has 0 saturated carbocycles. The van der Waals surface area contributed by atoms with Crippen molar-refractivity contribution >= 4 is 12.1 Å². The second-order valence-electron chi connectivity index (χ2n) is 5.49. The maximum absolute atomic E-state index is 11.8. The molecule has 0 radical (unpaired) electrons. The number of ether oxygens (including phenoxy) is 2. The van der Waals surface area contributed by atoms with Crippen molar-refractivity contribution < 1.29 is 24.2 Å².